The minimum atomic E-state index is -1.66. The minimum Gasteiger partial charge on any atom is -0.394 e. The number of amides is 1. The van der Waals surface area contributed by atoms with Crippen molar-refractivity contribution in [1.29, 1.82) is 0 Å². The second kappa shape index (κ2) is 52.8. The highest BCUT2D eigenvalue weighted by atomic mass is 16.7. The lowest BCUT2D eigenvalue weighted by molar-refractivity contribution is -0.303. The largest absolute Gasteiger partial charge is 0.394 e. The summed E-state index contributed by atoms with van der Waals surface area (Å²) in [6.07, 6.45) is 50.3. The van der Waals surface area contributed by atoms with Gasteiger partial charge >= 0.3 is 0 Å². The Morgan fingerprint density at radius 2 is 0.703 bits per heavy atom. The van der Waals surface area contributed by atoms with Gasteiger partial charge in [0.25, 0.3) is 0 Å². The van der Waals surface area contributed by atoms with E-state index in [2.05, 4.69) is 19.2 Å². The highest BCUT2D eigenvalue weighted by molar-refractivity contribution is 5.80. The number of hydrogen-bond acceptors (Lipinski definition) is 10. The van der Waals surface area contributed by atoms with Crippen molar-refractivity contribution in [2.45, 2.75) is 384 Å². The predicted molar refractivity (Wildman–Crippen MR) is 307 cm³/mol. The van der Waals surface area contributed by atoms with Crippen molar-refractivity contribution in [3.63, 3.8) is 0 Å². The van der Waals surface area contributed by atoms with Crippen molar-refractivity contribution < 1.29 is 50.0 Å². The molecular formula is C63H125NO10. The number of nitrogens with one attached hydrogen (secondary N) is 1. The van der Waals surface area contributed by atoms with Crippen LogP contribution in [0.15, 0.2) is 0 Å². The summed E-state index contributed by atoms with van der Waals surface area (Å²) in [7, 11) is 0. The Morgan fingerprint density at radius 3 is 1.00 bits per heavy atom. The second-order valence-electron chi connectivity index (χ2n) is 23.2. The van der Waals surface area contributed by atoms with Gasteiger partial charge in [-0.05, 0) is 12.8 Å². The van der Waals surface area contributed by atoms with Crippen LogP contribution < -0.4 is 5.32 Å². The highest BCUT2D eigenvalue weighted by Gasteiger charge is 2.44. The molecule has 9 atom stereocenters. The molecule has 1 amide bonds. The normalized spacial score (nSPS) is 19.7. The molecular weight excluding hydrogens is 931 g/mol. The molecule has 0 spiro atoms. The van der Waals surface area contributed by atoms with E-state index in [0.29, 0.717) is 19.3 Å². The van der Waals surface area contributed by atoms with Crippen molar-refractivity contribution in [3.8, 4) is 0 Å². The summed E-state index contributed by atoms with van der Waals surface area (Å²) in [5.41, 5.74) is 0. The first-order valence-electron chi connectivity index (χ1n) is 32.4. The first-order valence-corrected chi connectivity index (χ1v) is 32.4. The monoisotopic (exact) mass is 1060 g/mol. The first-order chi connectivity index (χ1) is 36.2. The number of hydrogen-bond donors (Lipinski definition) is 8. The van der Waals surface area contributed by atoms with Crippen molar-refractivity contribution in [2.24, 2.45) is 0 Å². The third kappa shape index (κ3) is 40.3. The van der Waals surface area contributed by atoms with E-state index in [1.165, 1.54) is 250 Å². The van der Waals surface area contributed by atoms with Crippen LogP contribution in [0, 0.1) is 0 Å². The Hall–Kier alpha value is -0.890. The molecule has 1 aliphatic heterocycles. The van der Waals surface area contributed by atoms with E-state index in [4.69, 9.17) is 9.47 Å². The molecule has 0 aromatic carbocycles. The zero-order chi connectivity index (χ0) is 54.0. The molecule has 1 rings (SSSR count). The van der Waals surface area contributed by atoms with Crippen LogP contribution in [0.2, 0.25) is 0 Å². The van der Waals surface area contributed by atoms with Crippen molar-refractivity contribution in [1.82, 2.24) is 5.32 Å². The molecule has 11 heteroatoms. The Bertz CT molecular complexity index is 1160. The van der Waals surface area contributed by atoms with Gasteiger partial charge in [0.1, 0.15) is 36.6 Å². The molecule has 11 nitrogen and oxygen atoms in total. The minimum absolute atomic E-state index is 0.267. The SMILES string of the molecule is CCCCCCCCCCCCCCCCCCCCCCCCCCCCCCCC(O)C(=O)NC(COC1OC(CO)C(O)C(O)C1O)C(O)C(O)CCCCCCCCCCCCCCCCCCCC. The smallest absolute Gasteiger partial charge is 0.249 e. The number of unbranched alkanes of at least 4 members (excludes halogenated alkanes) is 45. The number of aliphatic hydroxyl groups is 7. The summed E-state index contributed by atoms with van der Waals surface area (Å²) in [6.45, 7) is 3.51. The molecule has 1 fully saturated rings. The average molecular weight is 1060 g/mol. The Morgan fingerprint density at radius 1 is 0.419 bits per heavy atom. The van der Waals surface area contributed by atoms with Crippen LogP contribution in [0.1, 0.15) is 328 Å². The Kier molecular flexibility index (Phi) is 50.7. The zero-order valence-electron chi connectivity index (χ0n) is 48.6. The van der Waals surface area contributed by atoms with E-state index in [1.54, 1.807) is 0 Å². The molecule has 1 saturated heterocycles. The molecule has 442 valence electrons. The molecule has 0 saturated carbocycles. The number of carbonyl (C=O) groups excluding carboxylic acids is 1. The first kappa shape index (κ1) is 71.1. The number of carbonyl (C=O) groups is 1. The third-order valence-electron chi connectivity index (χ3n) is 16.2. The van der Waals surface area contributed by atoms with Gasteiger partial charge in [0.05, 0.1) is 25.4 Å². The van der Waals surface area contributed by atoms with Crippen LogP contribution in [0.25, 0.3) is 0 Å². The molecule has 9 unspecified atom stereocenters. The van der Waals surface area contributed by atoms with Gasteiger partial charge in [-0.2, -0.15) is 0 Å². The summed E-state index contributed by atoms with van der Waals surface area (Å²) >= 11 is 0. The average Bonchev–Trinajstić information content (AvgIpc) is 3.40. The quantitative estimate of drug-likeness (QED) is 0.0272. The fraction of sp³-hybridized carbons (Fsp3) is 0.984. The van der Waals surface area contributed by atoms with Gasteiger partial charge in [-0.15, -0.1) is 0 Å². The van der Waals surface area contributed by atoms with Crippen LogP contribution in [0.3, 0.4) is 0 Å². The van der Waals surface area contributed by atoms with E-state index in [0.717, 1.165) is 38.5 Å². The fourth-order valence-electron chi connectivity index (χ4n) is 10.9. The molecule has 0 aromatic rings. The van der Waals surface area contributed by atoms with E-state index in [1.807, 2.05) is 0 Å². The molecule has 1 heterocycles. The van der Waals surface area contributed by atoms with Crippen molar-refractivity contribution >= 4 is 5.91 Å². The standard InChI is InChI=1S/C63H125NO10/c1-3-5-7-9-11-13-15-17-19-21-23-24-25-26-27-28-29-30-31-32-33-35-37-39-41-43-45-47-49-51-56(67)62(72)64-54(53-73-63-61(71)60(70)59(69)57(52-65)74-63)58(68)55(66)50-48-46-44-42-40-38-36-34-22-20-18-16-14-12-10-8-6-4-2/h54-61,63,65-71H,3-53H2,1-2H3,(H,64,72). The van der Waals surface area contributed by atoms with Gasteiger partial charge in [0.15, 0.2) is 6.29 Å². The van der Waals surface area contributed by atoms with Crippen molar-refractivity contribution in [3.05, 3.63) is 0 Å². The second-order valence-corrected chi connectivity index (χ2v) is 23.2. The summed E-state index contributed by atoms with van der Waals surface area (Å²) in [5.74, 6) is -0.688. The predicted octanol–water partition coefficient (Wildman–Crippen LogP) is 14.5. The summed E-state index contributed by atoms with van der Waals surface area (Å²) in [6, 6.07) is -1.16. The molecule has 0 aliphatic carbocycles. The van der Waals surface area contributed by atoms with Gasteiger partial charge in [-0.1, -0.05) is 316 Å². The maximum atomic E-state index is 13.2. The maximum Gasteiger partial charge on any atom is 0.249 e. The van der Waals surface area contributed by atoms with E-state index < -0.39 is 74.2 Å². The number of ether oxygens (including phenoxy) is 2. The zero-order valence-corrected chi connectivity index (χ0v) is 48.6. The maximum absolute atomic E-state index is 13.2. The molecule has 8 N–H and O–H groups in total. The highest BCUT2D eigenvalue weighted by Crippen LogP contribution is 2.24. The van der Waals surface area contributed by atoms with Crippen LogP contribution in [-0.4, -0.2) is 110 Å². The lowest BCUT2D eigenvalue weighted by Crippen LogP contribution is -2.60. The Balaban J connectivity index is 2.20. The van der Waals surface area contributed by atoms with E-state index in [-0.39, 0.29) is 6.42 Å². The molecule has 1 aliphatic rings. The Labute approximate surface area is 456 Å². The molecule has 0 radical (unpaired) electrons. The number of aliphatic hydroxyl groups excluding tert-OH is 7. The lowest BCUT2D eigenvalue weighted by Gasteiger charge is -2.40. The van der Waals surface area contributed by atoms with Crippen LogP contribution >= 0.6 is 0 Å². The molecule has 0 bridgehead atoms. The van der Waals surface area contributed by atoms with Crippen molar-refractivity contribution in [2.75, 3.05) is 13.2 Å². The molecule has 74 heavy (non-hydrogen) atoms. The van der Waals surface area contributed by atoms with E-state index in [9.17, 15) is 40.5 Å². The topological polar surface area (TPSA) is 189 Å². The lowest BCUT2D eigenvalue weighted by atomic mass is 9.98. The molecule has 0 aromatic heterocycles. The third-order valence-corrected chi connectivity index (χ3v) is 16.2. The van der Waals surface area contributed by atoms with Gasteiger partial charge in [-0.25, -0.2) is 0 Å². The van der Waals surface area contributed by atoms with Crippen LogP contribution in [-0.2, 0) is 14.3 Å². The van der Waals surface area contributed by atoms with Gasteiger partial charge in [-0.3, -0.25) is 4.79 Å². The van der Waals surface area contributed by atoms with E-state index >= 15 is 0 Å². The summed E-state index contributed by atoms with van der Waals surface area (Å²) in [4.78, 5) is 13.2. The number of rotatable bonds is 57. The van der Waals surface area contributed by atoms with Crippen LogP contribution in [0.5, 0.6) is 0 Å². The summed E-state index contributed by atoms with van der Waals surface area (Å²) < 4.78 is 11.2. The summed E-state index contributed by atoms with van der Waals surface area (Å²) in [5, 5.41) is 76.3. The van der Waals surface area contributed by atoms with Gasteiger partial charge in [0.2, 0.25) is 5.91 Å². The van der Waals surface area contributed by atoms with Crippen LogP contribution in [0.4, 0.5) is 0 Å². The van der Waals surface area contributed by atoms with Gasteiger partial charge in [0, 0.05) is 0 Å². The van der Waals surface area contributed by atoms with Gasteiger partial charge < -0.3 is 50.5 Å². The fourth-order valence-corrected chi connectivity index (χ4v) is 10.9.